The van der Waals surface area contributed by atoms with Gasteiger partial charge >= 0.3 is 0 Å². The number of halogens is 2. The molecule has 0 spiro atoms. The van der Waals surface area contributed by atoms with Crippen LogP contribution in [-0.2, 0) is 14.9 Å². The molecule has 0 saturated carbocycles. The maximum absolute atomic E-state index is 12.7. The summed E-state index contributed by atoms with van der Waals surface area (Å²) in [6, 6.07) is 7.58. The Morgan fingerprint density at radius 2 is 2.00 bits per heavy atom. The molecule has 0 atom stereocenters. The Morgan fingerprint density at radius 1 is 1.33 bits per heavy atom. The first-order valence-corrected chi connectivity index (χ1v) is 7.39. The third kappa shape index (κ3) is 4.10. The van der Waals surface area contributed by atoms with E-state index in [0.29, 0.717) is 44.2 Å². The van der Waals surface area contributed by atoms with Crippen molar-refractivity contribution in [1.29, 1.82) is 0 Å². The Balaban J connectivity index is 0.00000220. The number of carbonyl (C=O) groups is 1. The van der Waals surface area contributed by atoms with Crippen molar-refractivity contribution in [1.82, 2.24) is 5.32 Å². The summed E-state index contributed by atoms with van der Waals surface area (Å²) < 4.78 is 5.42. The van der Waals surface area contributed by atoms with E-state index in [1.54, 1.807) is 0 Å². The van der Waals surface area contributed by atoms with Gasteiger partial charge in [0.1, 0.15) is 0 Å². The standard InChI is InChI=1S/C15H21ClN2O2.ClH/c16-13-5-2-1-4-12(13)15(6-10-20-11-7-15)14(19)18-9-3-8-17;/h1-2,4-5H,3,6-11,17H2,(H,18,19);1H. The molecule has 6 heteroatoms. The Morgan fingerprint density at radius 3 is 2.62 bits per heavy atom. The van der Waals surface area contributed by atoms with Crippen LogP contribution in [0.25, 0.3) is 0 Å². The molecule has 3 N–H and O–H groups in total. The third-order valence-corrected chi connectivity index (χ3v) is 4.17. The van der Waals surface area contributed by atoms with Crippen LogP contribution in [0, 0.1) is 0 Å². The Kier molecular flexibility index (Phi) is 7.46. The molecule has 0 bridgehead atoms. The van der Waals surface area contributed by atoms with Crippen LogP contribution in [0.3, 0.4) is 0 Å². The van der Waals surface area contributed by atoms with Crippen LogP contribution < -0.4 is 11.1 Å². The number of hydrogen-bond acceptors (Lipinski definition) is 3. The molecule has 118 valence electrons. The van der Waals surface area contributed by atoms with Crippen molar-refractivity contribution in [2.24, 2.45) is 5.73 Å². The quantitative estimate of drug-likeness (QED) is 0.813. The number of carbonyl (C=O) groups excluding carboxylic acids is 1. The van der Waals surface area contributed by atoms with E-state index in [2.05, 4.69) is 5.32 Å². The van der Waals surface area contributed by atoms with E-state index < -0.39 is 5.41 Å². The smallest absolute Gasteiger partial charge is 0.230 e. The number of benzene rings is 1. The molecule has 0 aliphatic carbocycles. The third-order valence-electron chi connectivity index (χ3n) is 3.84. The number of amides is 1. The molecule has 1 heterocycles. The summed E-state index contributed by atoms with van der Waals surface area (Å²) in [5, 5.41) is 3.63. The van der Waals surface area contributed by atoms with Gasteiger partial charge in [-0.15, -0.1) is 12.4 Å². The lowest BCUT2D eigenvalue weighted by atomic mass is 9.73. The maximum Gasteiger partial charge on any atom is 0.230 e. The molecule has 2 rings (SSSR count). The van der Waals surface area contributed by atoms with Gasteiger partial charge in [-0.05, 0) is 37.4 Å². The van der Waals surface area contributed by atoms with Gasteiger partial charge in [0.15, 0.2) is 0 Å². The van der Waals surface area contributed by atoms with Gasteiger partial charge in [-0.2, -0.15) is 0 Å². The topological polar surface area (TPSA) is 64.3 Å². The molecule has 0 aromatic heterocycles. The van der Waals surface area contributed by atoms with Crippen molar-refractivity contribution < 1.29 is 9.53 Å². The number of rotatable bonds is 5. The molecule has 1 aliphatic rings. The molecule has 0 unspecified atom stereocenters. The van der Waals surface area contributed by atoms with Crippen LogP contribution in [0.15, 0.2) is 24.3 Å². The monoisotopic (exact) mass is 332 g/mol. The fourth-order valence-corrected chi connectivity index (χ4v) is 2.98. The largest absolute Gasteiger partial charge is 0.381 e. The Labute approximate surface area is 136 Å². The van der Waals surface area contributed by atoms with Crippen molar-refractivity contribution in [3.05, 3.63) is 34.9 Å². The molecule has 21 heavy (non-hydrogen) atoms. The average molecular weight is 333 g/mol. The lowest BCUT2D eigenvalue weighted by molar-refractivity contribution is -0.130. The second kappa shape index (κ2) is 8.59. The highest BCUT2D eigenvalue weighted by Crippen LogP contribution is 2.38. The van der Waals surface area contributed by atoms with Crippen molar-refractivity contribution in [3.8, 4) is 0 Å². The van der Waals surface area contributed by atoms with Crippen molar-refractivity contribution in [3.63, 3.8) is 0 Å². The number of nitrogens with two attached hydrogens (primary N) is 1. The fourth-order valence-electron chi connectivity index (χ4n) is 2.66. The molecule has 1 aromatic rings. The maximum atomic E-state index is 12.7. The Hall–Kier alpha value is -0.810. The van der Waals surface area contributed by atoms with E-state index in [4.69, 9.17) is 22.1 Å². The zero-order valence-electron chi connectivity index (χ0n) is 11.9. The summed E-state index contributed by atoms with van der Waals surface area (Å²) in [6.45, 7) is 2.33. The highest BCUT2D eigenvalue weighted by atomic mass is 35.5. The summed E-state index contributed by atoms with van der Waals surface area (Å²) in [7, 11) is 0. The summed E-state index contributed by atoms with van der Waals surface area (Å²) in [6.07, 6.45) is 2.09. The van der Waals surface area contributed by atoms with Gasteiger partial charge in [0, 0.05) is 24.8 Å². The number of ether oxygens (including phenoxy) is 1. The van der Waals surface area contributed by atoms with E-state index in [-0.39, 0.29) is 18.3 Å². The van der Waals surface area contributed by atoms with E-state index in [9.17, 15) is 4.79 Å². The highest BCUT2D eigenvalue weighted by molar-refractivity contribution is 6.31. The molecule has 1 amide bonds. The second-order valence-electron chi connectivity index (χ2n) is 5.07. The summed E-state index contributed by atoms with van der Waals surface area (Å²) in [5.41, 5.74) is 5.79. The SMILES string of the molecule is Cl.NCCCNC(=O)C1(c2ccccc2Cl)CCOCC1. The highest BCUT2D eigenvalue weighted by Gasteiger charge is 2.42. The van der Waals surface area contributed by atoms with Crippen LogP contribution in [0.2, 0.25) is 5.02 Å². The van der Waals surface area contributed by atoms with E-state index in [1.807, 2.05) is 24.3 Å². The van der Waals surface area contributed by atoms with Gasteiger partial charge in [0.2, 0.25) is 5.91 Å². The minimum absolute atomic E-state index is 0. The first-order valence-electron chi connectivity index (χ1n) is 7.02. The van der Waals surface area contributed by atoms with Gasteiger partial charge in [0.25, 0.3) is 0 Å². The number of nitrogens with one attached hydrogen (secondary N) is 1. The molecule has 1 aromatic carbocycles. The summed E-state index contributed by atoms with van der Waals surface area (Å²) in [5.74, 6) is 0.0300. The van der Waals surface area contributed by atoms with Gasteiger partial charge in [-0.1, -0.05) is 29.8 Å². The van der Waals surface area contributed by atoms with Gasteiger partial charge < -0.3 is 15.8 Å². The lowest BCUT2D eigenvalue weighted by Crippen LogP contribution is -2.48. The first-order chi connectivity index (χ1) is 9.70. The zero-order chi connectivity index (χ0) is 14.4. The van der Waals surface area contributed by atoms with Gasteiger partial charge in [-0.25, -0.2) is 0 Å². The fraction of sp³-hybridized carbons (Fsp3) is 0.533. The van der Waals surface area contributed by atoms with Crippen LogP contribution in [0.1, 0.15) is 24.8 Å². The second-order valence-corrected chi connectivity index (χ2v) is 5.48. The Bertz CT molecular complexity index is 463. The van der Waals surface area contributed by atoms with Crippen molar-refractivity contribution in [2.75, 3.05) is 26.3 Å². The van der Waals surface area contributed by atoms with E-state index >= 15 is 0 Å². The minimum Gasteiger partial charge on any atom is -0.381 e. The predicted octanol–water partition coefficient (Wildman–Crippen LogP) is 2.28. The number of hydrogen-bond donors (Lipinski definition) is 2. The van der Waals surface area contributed by atoms with Crippen molar-refractivity contribution >= 4 is 29.9 Å². The normalized spacial score (nSPS) is 16.9. The van der Waals surface area contributed by atoms with Gasteiger partial charge in [0.05, 0.1) is 5.41 Å². The van der Waals surface area contributed by atoms with Crippen LogP contribution in [0.4, 0.5) is 0 Å². The molecule has 4 nitrogen and oxygen atoms in total. The van der Waals surface area contributed by atoms with E-state index in [1.165, 1.54) is 0 Å². The first kappa shape index (κ1) is 18.2. The van der Waals surface area contributed by atoms with Crippen LogP contribution in [-0.4, -0.2) is 32.2 Å². The van der Waals surface area contributed by atoms with Gasteiger partial charge in [-0.3, -0.25) is 4.79 Å². The van der Waals surface area contributed by atoms with E-state index in [0.717, 1.165) is 12.0 Å². The average Bonchev–Trinajstić information content (AvgIpc) is 2.48. The molecule has 1 saturated heterocycles. The minimum atomic E-state index is -0.578. The lowest BCUT2D eigenvalue weighted by Gasteiger charge is -2.36. The summed E-state index contributed by atoms with van der Waals surface area (Å²) in [4.78, 5) is 12.7. The zero-order valence-corrected chi connectivity index (χ0v) is 13.5. The molecule has 1 fully saturated rings. The van der Waals surface area contributed by atoms with Crippen LogP contribution >= 0.6 is 24.0 Å². The van der Waals surface area contributed by atoms with Crippen molar-refractivity contribution in [2.45, 2.75) is 24.7 Å². The predicted molar refractivity (Wildman–Crippen MR) is 87.1 cm³/mol. The molecular formula is C15H22Cl2N2O2. The molecule has 1 aliphatic heterocycles. The molecule has 0 radical (unpaired) electrons. The molecular weight excluding hydrogens is 311 g/mol. The van der Waals surface area contributed by atoms with Crippen LogP contribution in [0.5, 0.6) is 0 Å². The summed E-state index contributed by atoms with van der Waals surface area (Å²) >= 11 is 6.31.